The maximum Gasteiger partial charge on any atom is 0.339 e. The van der Waals surface area contributed by atoms with Crippen molar-refractivity contribution in [2.45, 2.75) is 0 Å². The van der Waals surface area contributed by atoms with Crippen LogP contribution in [0.25, 0.3) is 0 Å². The quantitative estimate of drug-likeness (QED) is 0.647. The third-order valence-electron chi connectivity index (χ3n) is 2.23. The number of phenols is 1. The zero-order valence-corrected chi connectivity index (χ0v) is 9.04. The summed E-state index contributed by atoms with van der Waals surface area (Å²) in [7, 11) is 0. The molecule has 0 fully saturated rings. The summed E-state index contributed by atoms with van der Waals surface area (Å²) in [4.78, 5) is 28.6. The van der Waals surface area contributed by atoms with Crippen LogP contribution >= 0.6 is 0 Å². The molecule has 0 unspecified atom stereocenters. The van der Waals surface area contributed by atoms with Gasteiger partial charge in [-0.3, -0.25) is 4.79 Å². The van der Waals surface area contributed by atoms with Crippen LogP contribution in [-0.4, -0.2) is 32.1 Å². The third-order valence-corrected chi connectivity index (χ3v) is 2.23. The lowest BCUT2D eigenvalue weighted by molar-refractivity contribution is 0.0693. The van der Waals surface area contributed by atoms with Gasteiger partial charge in [0.1, 0.15) is 17.0 Å². The second kappa shape index (κ2) is 4.58. The Hall–Kier alpha value is -2.83. The zero-order chi connectivity index (χ0) is 13.1. The second-order valence-electron chi connectivity index (χ2n) is 3.46. The van der Waals surface area contributed by atoms with Crippen LogP contribution in [0.2, 0.25) is 0 Å². The molecule has 0 radical (unpaired) electrons. The predicted octanol–water partition coefficient (Wildman–Crippen LogP) is 1.07. The van der Waals surface area contributed by atoms with Crippen molar-refractivity contribution >= 4 is 17.6 Å². The molecule has 1 amide bonds. The van der Waals surface area contributed by atoms with Crippen molar-refractivity contribution in [3.63, 3.8) is 0 Å². The summed E-state index contributed by atoms with van der Waals surface area (Å²) >= 11 is 0. The van der Waals surface area contributed by atoms with Gasteiger partial charge in [-0.05, 0) is 12.1 Å². The fraction of sp³-hybridized carbons (Fsp3) is 0. The summed E-state index contributed by atoms with van der Waals surface area (Å²) in [6.45, 7) is 0. The Kier molecular flexibility index (Phi) is 2.96. The second-order valence-corrected chi connectivity index (χ2v) is 3.46. The van der Waals surface area contributed by atoms with E-state index >= 15 is 0 Å². The van der Waals surface area contributed by atoms with Gasteiger partial charge in [-0.15, -0.1) is 0 Å². The first kappa shape index (κ1) is 11.6. The number of anilines is 1. The maximum absolute atomic E-state index is 11.6. The first-order valence-electron chi connectivity index (χ1n) is 4.94. The van der Waals surface area contributed by atoms with Crippen molar-refractivity contribution in [3.8, 4) is 5.75 Å². The summed E-state index contributed by atoms with van der Waals surface area (Å²) in [6.07, 6.45) is 2.71. The number of carbonyl (C=O) groups excluding carboxylic acids is 1. The number of aromatic carboxylic acids is 1. The van der Waals surface area contributed by atoms with E-state index in [1.807, 2.05) is 0 Å². The number of nitrogens with one attached hydrogen (secondary N) is 2. The Labute approximate surface area is 101 Å². The fourth-order valence-corrected chi connectivity index (χ4v) is 1.37. The van der Waals surface area contributed by atoms with E-state index in [2.05, 4.69) is 15.3 Å². The van der Waals surface area contributed by atoms with Gasteiger partial charge in [-0.1, -0.05) is 0 Å². The Morgan fingerprint density at radius 2 is 2.11 bits per heavy atom. The van der Waals surface area contributed by atoms with Crippen molar-refractivity contribution in [1.29, 1.82) is 0 Å². The number of nitrogens with zero attached hydrogens (tertiary/aromatic N) is 1. The number of amides is 1. The molecule has 0 aliphatic heterocycles. The van der Waals surface area contributed by atoms with E-state index in [1.54, 1.807) is 0 Å². The molecule has 4 N–H and O–H groups in total. The van der Waals surface area contributed by atoms with E-state index in [9.17, 15) is 14.7 Å². The van der Waals surface area contributed by atoms with Gasteiger partial charge in [0.15, 0.2) is 0 Å². The first-order chi connectivity index (χ1) is 8.58. The molecule has 2 aromatic rings. The smallest absolute Gasteiger partial charge is 0.339 e. The Balaban J connectivity index is 2.18. The highest BCUT2D eigenvalue weighted by Gasteiger charge is 2.12. The number of imidazole rings is 1. The van der Waals surface area contributed by atoms with E-state index in [0.29, 0.717) is 0 Å². The minimum Gasteiger partial charge on any atom is -0.507 e. The molecule has 0 saturated heterocycles. The fourth-order valence-electron chi connectivity index (χ4n) is 1.37. The Morgan fingerprint density at radius 3 is 2.67 bits per heavy atom. The largest absolute Gasteiger partial charge is 0.507 e. The Morgan fingerprint density at radius 1 is 1.33 bits per heavy atom. The summed E-state index contributed by atoms with van der Waals surface area (Å²) < 4.78 is 0. The molecule has 0 aliphatic rings. The number of rotatable bonds is 3. The highest BCUT2D eigenvalue weighted by Crippen LogP contribution is 2.22. The lowest BCUT2D eigenvalue weighted by Gasteiger charge is -2.05. The van der Waals surface area contributed by atoms with E-state index in [0.717, 1.165) is 6.07 Å². The van der Waals surface area contributed by atoms with Gasteiger partial charge in [-0.25, -0.2) is 9.78 Å². The normalized spacial score (nSPS) is 10.0. The minimum absolute atomic E-state index is 0.227. The molecule has 92 valence electrons. The number of H-pyrrole nitrogens is 1. The standard InChI is InChI=1S/C11H9N3O4/c15-9-3-6(1-2-7(9)11(17)18)14-10(16)8-4-12-5-13-8/h1-5,15H,(H,12,13)(H,14,16)(H,17,18). The molecule has 0 spiro atoms. The summed E-state index contributed by atoms with van der Waals surface area (Å²) in [5.74, 6) is -2.08. The molecule has 0 aliphatic carbocycles. The van der Waals surface area contributed by atoms with Crippen LogP contribution in [0.15, 0.2) is 30.7 Å². The average molecular weight is 247 g/mol. The van der Waals surface area contributed by atoms with Gasteiger partial charge in [0.2, 0.25) is 0 Å². The number of benzene rings is 1. The topological polar surface area (TPSA) is 115 Å². The number of carbonyl (C=O) groups is 2. The SMILES string of the molecule is O=C(Nc1ccc(C(=O)O)c(O)c1)c1cnc[nH]1. The lowest BCUT2D eigenvalue weighted by Crippen LogP contribution is -2.12. The van der Waals surface area contributed by atoms with E-state index in [4.69, 9.17) is 5.11 Å². The molecule has 7 heteroatoms. The molecular weight excluding hydrogens is 238 g/mol. The molecule has 0 atom stereocenters. The van der Waals surface area contributed by atoms with Crippen molar-refractivity contribution < 1.29 is 19.8 Å². The van der Waals surface area contributed by atoms with Crippen LogP contribution < -0.4 is 5.32 Å². The van der Waals surface area contributed by atoms with Gasteiger partial charge in [0, 0.05) is 11.8 Å². The van der Waals surface area contributed by atoms with Gasteiger partial charge in [0.05, 0.1) is 12.5 Å². The van der Waals surface area contributed by atoms with Gasteiger partial charge < -0.3 is 20.5 Å². The number of carboxylic acid groups (broad SMARTS) is 1. The Bertz CT molecular complexity index is 592. The van der Waals surface area contributed by atoms with Crippen molar-refractivity contribution in [3.05, 3.63) is 42.0 Å². The molecule has 1 aromatic carbocycles. The van der Waals surface area contributed by atoms with Crippen LogP contribution in [-0.2, 0) is 0 Å². The van der Waals surface area contributed by atoms with Crippen molar-refractivity contribution in [2.75, 3.05) is 5.32 Å². The highest BCUT2D eigenvalue weighted by molar-refractivity contribution is 6.03. The maximum atomic E-state index is 11.6. The number of hydrogen-bond donors (Lipinski definition) is 4. The van der Waals surface area contributed by atoms with Crippen LogP contribution in [0, 0.1) is 0 Å². The number of aromatic nitrogens is 2. The number of aromatic hydroxyl groups is 1. The number of hydrogen-bond acceptors (Lipinski definition) is 4. The molecule has 0 saturated carbocycles. The molecule has 2 rings (SSSR count). The number of aromatic amines is 1. The predicted molar refractivity (Wildman–Crippen MR) is 61.6 cm³/mol. The molecule has 1 heterocycles. The van der Waals surface area contributed by atoms with Crippen LogP contribution in [0.1, 0.15) is 20.8 Å². The van der Waals surface area contributed by atoms with Crippen LogP contribution in [0.4, 0.5) is 5.69 Å². The molecule has 0 bridgehead atoms. The average Bonchev–Trinajstić information content (AvgIpc) is 2.81. The monoisotopic (exact) mass is 247 g/mol. The molecule has 18 heavy (non-hydrogen) atoms. The molecule has 7 nitrogen and oxygen atoms in total. The summed E-state index contributed by atoms with van der Waals surface area (Å²) in [5, 5.41) is 20.7. The molecular formula is C11H9N3O4. The van der Waals surface area contributed by atoms with E-state index < -0.39 is 17.6 Å². The van der Waals surface area contributed by atoms with Crippen LogP contribution in [0.5, 0.6) is 5.75 Å². The zero-order valence-electron chi connectivity index (χ0n) is 9.04. The minimum atomic E-state index is -1.24. The third kappa shape index (κ3) is 2.29. The highest BCUT2D eigenvalue weighted by atomic mass is 16.4. The van der Waals surface area contributed by atoms with Gasteiger partial charge in [-0.2, -0.15) is 0 Å². The lowest BCUT2D eigenvalue weighted by atomic mass is 10.2. The van der Waals surface area contributed by atoms with Crippen molar-refractivity contribution in [1.82, 2.24) is 9.97 Å². The van der Waals surface area contributed by atoms with Gasteiger partial charge in [0.25, 0.3) is 5.91 Å². The van der Waals surface area contributed by atoms with E-state index in [1.165, 1.54) is 24.7 Å². The van der Waals surface area contributed by atoms with E-state index in [-0.39, 0.29) is 16.9 Å². The van der Waals surface area contributed by atoms with Crippen molar-refractivity contribution in [2.24, 2.45) is 0 Å². The summed E-state index contributed by atoms with van der Waals surface area (Å²) in [5.41, 5.74) is 0.323. The summed E-state index contributed by atoms with van der Waals surface area (Å²) in [6, 6.07) is 3.76. The van der Waals surface area contributed by atoms with Crippen LogP contribution in [0.3, 0.4) is 0 Å². The van der Waals surface area contributed by atoms with Gasteiger partial charge >= 0.3 is 5.97 Å². The number of carboxylic acids is 1. The molecule has 1 aromatic heterocycles. The first-order valence-corrected chi connectivity index (χ1v) is 4.94.